The van der Waals surface area contributed by atoms with Crippen molar-refractivity contribution in [2.24, 2.45) is 0 Å². The van der Waals surface area contributed by atoms with Crippen LogP contribution in [0.3, 0.4) is 0 Å². The number of thioether (sulfide) groups is 1. The molecule has 0 radical (unpaired) electrons. The number of furan rings is 1. The number of hydrogen-bond donors (Lipinski definition) is 1. The molecular weight excluding hydrogens is 298 g/mol. The van der Waals surface area contributed by atoms with Crippen LogP contribution in [0.15, 0.2) is 47.1 Å². The highest BCUT2D eigenvalue weighted by Crippen LogP contribution is 2.12. The fourth-order valence-electron chi connectivity index (χ4n) is 1.85. The molecule has 5 heteroatoms. The Kier molecular flexibility index (Phi) is 6.90. The molecule has 4 nitrogen and oxygen atoms in total. The number of nitrogens with one attached hydrogen (secondary N) is 1. The highest BCUT2D eigenvalue weighted by molar-refractivity contribution is 7.98. The van der Waals surface area contributed by atoms with Crippen molar-refractivity contribution in [2.75, 3.05) is 18.9 Å². The number of ether oxygens (including phenoxy) is 1. The topological polar surface area (TPSA) is 51.5 Å². The molecule has 0 bridgehead atoms. The third-order valence-corrected chi connectivity index (χ3v) is 4.08. The first-order valence-corrected chi connectivity index (χ1v) is 8.52. The lowest BCUT2D eigenvalue weighted by Crippen LogP contribution is -2.30. The van der Waals surface area contributed by atoms with E-state index < -0.39 is 0 Å². The molecule has 0 aliphatic rings. The van der Waals surface area contributed by atoms with Gasteiger partial charge in [-0.05, 0) is 36.2 Å². The van der Waals surface area contributed by atoms with Gasteiger partial charge in [0.2, 0.25) is 0 Å². The number of hydrogen-bond acceptors (Lipinski definition) is 4. The molecule has 2 rings (SSSR count). The normalized spacial score (nSPS) is 10.4. The quantitative estimate of drug-likeness (QED) is 0.721. The molecule has 0 spiro atoms. The third-order valence-electron chi connectivity index (χ3n) is 3.09. The maximum Gasteiger partial charge on any atom is 0.257 e. The number of carbonyl (C=O) groups is 1. The third kappa shape index (κ3) is 5.85. The Morgan fingerprint density at radius 2 is 2.09 bits per heavy atom. The maximum absolute atomic E-state index is 11.7. The second-order valence-electron chi connectivity index (χ2n) is 4.77. The van der Waals surface area contributed by atoms with Gasteiger partial charge in [-0.15, -0.1) is 0 Å². The van der Waals surface area contributed by atoms with E-state index >= 15 is 0 Å². The second kappa shape index (κ2) is 9.20. The Morgan fingerprint density at radius 3 is 2.77 bits per heavy atom. The summed E-state index contributed by atoms with van der Waals surface area (Å²) in [4.78, 5) is 11.7. The summed E-state index contributed by atoms with van der Waals surface area (Å²) < 4.78 is 10.7. The highest BCUT2D eigenvalue weighted by atomic mass is 32.2. The van der Waals surface area contributed by atoms with Crippen molar-refractivity contribution in [1.82, 2.24) is 5.32 Å². The summed E-state index contributed by atoms with van der Waals surface area (Å²) in [7, 11) is 0. The molecule has 0 saturated carbocycles. The minimum absolute atomic E-state index is 0.0499. The molecule has 0 aliphatic carbocycles. The Hall–Kier alpha value is -1.88. The van der Waals surface area contributed by atoms with Crippen molar-refractivity contribution in [3.63, 3.8) is 0 Å². The first kappa shape index (κ1) is 16.5. The average molecular weight is 319 g/mol. The molecule has 22 heavy (non-hydrogen) atoms. The minimum atomic E-state index is -0.0989. The zero-order chi connectivity index (χ0) is 15.6. The van der Waals surface area contributed by atoms with Crippen LogP contribution in [0, 0.1) is 0 Å². The number of amides is 1. The summed E-state index contributed by atoms with van der Waals surface area (Å²) in [6, 6.07) is 11.6. The molecule has 2 aromatic rings. The lowest BCUT2D eigenvalue weighted by molar-refractivity contribution is -0.122. The van der Waals surface area contributed by atoms with E-state index in [1.165, 1.54) is 5.56 Å². The van der Waals surface area contributed by atoms with Crippen LogP contribution < -0.4 is 10.1 Å². The molecular formula is C17H21NO3S. The van der Waals surface area contributed by atoms with Crippen LogP contribution in [0.4, 0.5) is 0 Å². The lowest BCUT2D eigenvalue weighted by atomic mass is 10.2. The minimum Gasteiger partial charge on any atom is -0.484 e. The van der Waals surface area contributed by atoms with Crippen LogP contribution in [0.5, 0.6) is 5.75 Å². The first-order valence-electron chi connectivity index (χ1n) is 7.36. The summed E-state index contributed by atoms with van der Waals surface area (Å²) >= 11 is 1.72. The van der Waals surface area contributed by atoms with Crippen LogP contribution in [0.25, 0.3) is 0 Å². The summed E-state index contributed by atoms with van der Waals surface area (Å²) in [5.41, 5.74) is 1.25. The Morgan fingerprint density at radius 1 is 1.27 bits per heavy atom. The van der Waals surface area contributed by atoms with Crippen LogP contribution in [-0.2, 0) is 17.0 Å². The van der Waals surface area contributed by atoms with Gasteiger partial charge in [0.05, 0.1) is 12.0 Å². The Labute approximate surface area is 135 Å². The molecule has 0 fully saturated rings. The van der Waals surface area contributed by atoms with Gasteiger partial charge in [0.1, 0.15) is 11.5 Å². The molecule has 1 amide bonds. The van der Waals surface area contributed by atoms with Gasteiger partial charge in [0.15, 0.2) is 6.61 Å². The predicted octanol–water partition coefficient (Wildman–Crippen LogP) is 3.27. The molecule has 118 valence electrons. The van der Waals surface area contributed by atoms with Crippen molar-refractivity contribution in [2.45, 2.75) is 19.1 Å². The number of benzene rings is 1. The zero-order valence-corrected chi connectivity index (χ0v) is 13.5. The summed E-state index contributed by atoms with van der Waals surface area (Å²) in [5, 5.41) is 2.84. The van der Waals surface area contributed by atoms with E-state index in [4.69, 9.17) is 9.15 Å². The van der Waals surface area contributed by atoms with Crippen molar-refractivity contribution < 1.29 is 13.9 Å². The smallest absolute Gasteiger partial charge is 0.257 e. The molecule has 1 aromatic carbocycles. The monoisotopic (exact) mass is 319 g/mol. The van der Waals surface area contributed by atoms with Gasteiger partial charge in [0.25, 0.3) is 5.91 Å². The van der Waals surface area contributed by atoms with Gasteiger partial charge in [0, 0.05) is 12.3 Å². The molecule has 0 unspecified atom stereocenters. The molecule has 0 aliphatic heterocycles. The number of carbonyl (C=O) groups excluding carboxylic acids is 1. The van der Waals surface area contributed by atoms with Crippen LogP contribution >= 0.6 is 11.8 Å². The van der Waals surface area contributed by atoms with Gasteiger partial charge >= 0.3 is 0 Å². The van der Waals surface area contributed by atoms with E-state index in [-0.39, 0.29) is 12.5 Å². The molecule has 0 atom stereocenters. The summed E-state index contributed by atoms with van der Waals surface area (Å²) in [5.74, 6) is 3.24. The molecule has 1 N–H and O–H groups in total. The lowest BCUT2D eigenvalue weighted by Gasteiger charge is -2.07. The molecule has 1 aromatic heterocycles. The van der Waals surface area contributed by atoms with Crippen molar-refractivity contribution in [3.05, 3.63) is 54.0 Å². The van der Waals surface area contributed by atoms with E-state index in [9.17, 15) is 4.79 Å². The largest absolute Gasteiger partial charge is 0.484 e. The van der Waals surface area contributed by atoms with E-state index in [2.05, 4.69) is 12.2 Å². The second-order valence-corrected chi connectivity index (χ2v) is 5.87. The Balaban J connectivity index is 1.55. The fourth-order valence-corrected chi connectivity index (χ4v) is 2.61. The summed E-state index contributed by atoms with van der Waals surface area (Å²) in [6.45, 7) is 2.78. The highest BCUT2D eigenvalue weighted by Gasteiger charge is 2.03. The average Bonchev–Trinajstić information content (AvgIpc) is 3.06. The predicted molar refractivity (Wildman–Crippen MR) is 89.2 cm³/mol. The van der Waals surface area contributed by atoms with E-state index in [1.807, 2.05) is 36.4 Å². The van der Waals surface area contributed by atoms with Gasteiger partial charge in [-0.2, -0.15) is 11.8 Å². The van der Waals surface area contributed by atoms with Crippen molar-refractivity contribution >= 4 is 17.7 Å². The molecule has 0 saturated heterocycles. The SMILES string of the molecule is CCc1ccc(OCC(=O)NCCSCc2ccco2)cc1. The van der Waals surface area contributed by atoms with Crippen molar-refractivity contribution in [1.29, 1.82) is 0 Å². The molecule has 1 heterocycles. The first-order chi connectivity index (χ1) is 10.8. The van der Waals surface area contributed by atoms with Crippen LogP contribution in [0.2, 0.25) is 0 Å². The van der Waals surface area contributed by atoms with Gasteiger partial charge in [-0.1, -0.05) is 19.1 Å². The van der Waals surface area contributed by atoms with Crippen LogP contribution in [0.1, 0.15) is 18.2 Å². The van der Waals surface area contributed by atoms with Crippen molar-refractivity contribution in [3.8, 4) is 5.75 Å². The van der Waals surface area contributed by atoms with Gasteiger partial charge in [-0.25, -0.2) is 0 Å². The van der Waals surface area contributed by atoms with Gasteiger partial charge in [-0.3, -0.25) is 4.79 Å². The maximum atomic E-state index is 11.7. The standard InChI is InChI=1S/C17H21NO3S/c1-2-14-5-7-15(8-6-14)21-12-17(19)18-9-11-22-13-16-4-3-10-20-16/h3-8,10H,2,9,11-13H2,1H3,(H,18,19). The van der Waals surface area contributed by atoms with Gasteiger partial charge < -0.3 is 14.5 Å². The summed E-state index contributed by atoms with van der Waals surface area (Å²) in [6.07, 6.45) is 2.67. The van der Waals surface area contributed by atoms with Crippen LogP contribution in [-0.4, -0.2) is 24.8 Å². The Bertz CT molecular complexity index is 552. The number of aryl methyl sites for hydroxylation is 1. The van der Waals surface area contributed by atoms with E-state index in [0.717, 1.165) is 29.4 Å². The fraction of sp³-hybridized carbons (Fsp3) is 0.353. The van der Waals surface area contributed by atoms with E-state index in [1.54, 1.807) is 18.0 Å². The zero-order valence-electron chi connectivity index (χ0n) is 12.7. The van der Waals surface area contributed by atoms with E-state index in [0.29, 0.717) is 6.54 Å². The number of rotatable bonds is 9.